The van der Waals surface area contributed by atoms with Crippen molar-refractivity contribution in [3.05, 3.63) is 22.7 Å². The molecule has 2 heterocycles. The Morgan fingerprint density at radius 2 is 2.33 bits per heavy atom. The molecule has 21 heavy (non-hydrogen) atoms. The highest BCUT2D eigenvalue weighted by atomic mass is 32.2. The van der Waals surface area contributed by atoms with Crippen LogP contribution in [-0.4, -0.2) is 39.4 Å². The van der Waals surface area contributed by atoms with E-state index in [4.69, 9.17) is 0 Å². The molecule has 2 amide bonds. The molecule has 1 aromatic heterocycles. The molecule has 0 bridgehead atoms. The Morgan fingerprint density at radius 3 is 2.95 bits per heavy atom. The molecule has 114 valence electrons. The molecule has 1 atom stereocenters. The van der Waals surface area contributed by atoms with E-state index in [1.807, 2.05) is 25.3 Å². The van der Waals surface area contributed by atoms with Crippen LogP contribution in [0.3, 0.4) is 0 Å². The van der Waals surface area contributed by atoms with Gasteiger partial charge in [-0.25, -0.2) is 4.98 Å². The molecule has 0 radical (unpaired) electrons. The van der Waals surface area contributed by atoms with Crippen LogP contribution in [0.5, 0.6) is 0 Å². The predicted molar refractivity (Wildman–Crippen MR) is 87.5 cm³/mol. The van der Waals surface area contributed by atoms with E-state index < -0.39 is 6.04 Å². The topological polar surface area (TPSA) is 62.3 Å². The zero-order valence-electron chi connectivity index (χ0n) is 12.4. The highest BCUT2D eigenvalue weighted by molar-refractivity contribution is 7.99. The number of rotatable bonds is 4. The van der Waals surface area contributed by atoms with Gasteiger partial charge in [-0.3, -0.25) is 9.59 Å². The van der Waals surface area contributed by atoms with Gasteiger partial charge < -0.3 is 10.2 Å². The normalized spacial score (nSPS) is 18.9. The van der Waals surface area contributed by atoms with Gasteiger partial charge in [-0.15, -0.1) is 23.1 Å². The minimum absolute atomic E-state index is 0.0580. The maximum absolute atomic E-state index is 12.4. The van der Waals surface area contributed by atoms with Crippen LogP contribution in [0.15, 0.2) is 17.0 Å². The molecule has 5 nitrogen and oxygen atoms in total. The lowest BCUT2D eigenvalue weighted by Crippen LogP contribution is -2.44. The summed E-state index contributed by atoms with van der Waals surface area (Å²) >= 11 is 2.99. The number of hydrogen-bond acceptors (Lipinski definition) is 5. The number of amides is 2. The van der Waals surface area contributed by atoms with Crippen LogP contribution in [0.4, 0.5) is 5.13 Å². The number of nitrogens with zero attached hydrogens (tertiary/aromatic N) is 2. The van der Waals surface area contributed by atoms with E-state index in [0.29, 0.717) is 22.3 Å². The number of carbonyl (C=O) groups is 2. The van der Waals surface area contributed by atoms with Crippen molar-refractivity contribution in [1.82, 2.24) is 9.88 Å². The summed E-state index contributed by atoms with van der Waals surface area (Å²) in [6, 6.07) is -0.424. The number of aromatic nitrogens is 1. The third kappa shape index (κ3) is 3.85. The molecule has 0 spiro atoms. The molecule has 1 saturated heterocycles. The molecule has 1 aromatic rings. The van der Waals surface area contributed by atoms with Crippen LogP contribution in [0.25, 0.3) is 0 Å². The van der Waals surface area contributed by atoms with Gasteiger partial charge in [-0.2, -0.15) is 0 Å². The van der Waals surface area contributed by atoms with Gasteiger partial charge in [0.1, 0.15) is 6.04 Å². The first-order valence-corrected chi connectivity index (χ1v) is 8.84. The Balaban J connectivity index is 2.05. The number of anilines is 1. The number of hydrogen-bond donors (Lipinski definition) is 1. The summed E-state index contributed by atoms with van der Waals surface area (Å²) in [6.45, 7) is 5.67. The molecule has 0 saturated carbocycles. The first kappa shape index (κ1) is 16.0. The first-order valence-electron chi connectivity index (χ1n) is 6.81. The molecule has 7 heteroatoms. The van der Waals surface area contributed by atoms with Crippen LogP contribution in [0.1, 0.15) is 26.0 Å². The quantitative estimate of drug-likeness (QED) is 0.865. The van der Waals surface area contributed by atoms with Crippen molar-refractivity contribution >= 4 is 40.0 Å². The molecule has 1 unspecified atom stereocenters. The zero-order chi connectivity index (χ0) is 15.4. The van der Waals surface area contributed by atoms with E-state index in [0.717, 1.165) is 12.1 Å². The van der Waals surface area contributed by atoms with E-state index in [2.05, 4.69) is 10.3 Å². The van der Waals surface area contributed by atoms with Gasteiger partial charge in [0.25, 0.3) is 5.91 Å². The van der Waals surface area contributed by atoms with Crippen LogP contribution in [0, 0.1) is 6.92 Å². The summed E-state index contributed by atoms with van der Waals surface area (Å²) in [5.74, 6) is 0.966. The van der Waals surface area contributed by atoms with Crippen LogP contribution >= 0.6 is 23.1 Å². The SMILES string of the molecule is CC/C=C(\C)C(=O)N1CSCC1C(=O)Nc1nc(C)cs1. The van der Waals surface area contributed by atoms with E-state index in [1.165, 1.54) is 11.3 Å². The molecular formula is C14H19N3O2S2. The smallest absolute Gasteiger partial charge is 0.250 e. The molecule has 2 rings (SSSR count). The highest BCUT2D eigenvalue weighted by Gasteiger charge is 2.35. The predicted octanol–water partition coefficient (Wildman–Crippen LogP) is 2.65. The third-order valence-electron chi connectivity index (χ3n) is 3.14. The highest BCUT2D eigenvalue weighted by Crippen LogP contribution is 2.24. The molecular weight excluding hydrogens is 306 g/mol. The van der Waals surface area contributed by atoms with Crippen LogP contribution in [-0.2, 0) is 9.59 Å². The Morgan fingerprint density at radius 1 is 1.57 bits per heavy atom. The van der Waals surface area contributed by atoms with Gasteiger partial charge in [0.2, 0.25) is 5.91 Å². The molecule has 1 aliphatic heterocycles. The fourth-order valence-corrected chi connectivity index (χ4v) is 3.93. The summed E-state index contributed by atoms with van der Waals surface area (Å²) < 4.78 is 0. The fraction of sp³-hybridized carbons (Fsp3) is 0.500. The van der Waals surface area contributed by atoms with Crippen molar-refractivity contribution in [3.63, 3.8) is 0 Å². The maximum atomic E-state index is 12.4. The first-order chi connectivity index (χ1) is 10.0. The van der Waals surface area contributed by atoms with E-state index in [1.54, 1.807) is 23.6 Å². The number of thiazole rings is 1. The molecule has 0 aromatic carbocycles. The lowest BCUT2D eigenvalue weighted by molar-refractivity contribution is -0.133. The monoisotopic (exact) mass is 325 g/mol. The number of allylic oxidation sites excluding steroid dienone is 1. The van der Waals surface area contributed by atoms with Gasteiger partial charge >= 0.3 is 0 Å². The summed E-state index contributed by atoms with van der Waals surface area (Å²) in [4.78, 5) is 30.6. The summed E-state index contributed by atoms with van der Waals surface area (Å²) in [6.07, 6.45) is 2.71. The third-order valence-corrected chi connectivity index (χ3v) is 5.03. The number of thioether (sulfide) groups is 1. The Bertz CT molecular complexity index is 568. The number of carbonyl (C=O) groups excluding carboxylic acids is 2. The van der Waals surface area contributed by atoms with Crippen molar-refractivity contribution in [2.45, 2.75) is 33.2 Å². The van der Waals surface area contributed by atoms with Crippen molar-refractivity contribution in [2.24, 2.45) is 0 Å². The fourth-order valence-electron chi connectivity index (χ4n) is 2.08. The van der Waals surface area contributed by atoms with Gasteiger partial charge in [0, 0.05) is 16.7 Å². The lowest BCUT2D eigenvalue weighted by Gasteiger charge is -2.23. The number of aryl methyl sites for hydroxylation is 1. The Labute approximate surface area is 132 Å². The molecule has 1 aliphatic rings. The van der Waals surface area contributed by atoms with Crippen molar-refractivity contribution in [3.8, 4) is 0 Å². The minimum Gasteiger partial charge on any atom is -0.317 e. The summed E-state index contributed by atoms with van der Waals surface area (Å²) in [5.41, 5.74) is 1.58. The van der Waals surface area contributed by atoms with Crippen molar-refractivity contribution in [2.75, 3.05) is 16.9 Å². The second kappa shape index (κ2) is 7.09. The molecule has 0 aliphatic carbocycles. The van der Waals surface area contributed by atoms with E-state index in [-0.39, 0.29) is 11.8 Å². The molecule has 1 fully saturated rings. The van der Waals surface area contributed by atoms with E-state index >= 15 is 0 Å². The summed E-state index contributed by atoms with van der Waals surface area (Å²) in [5, 5.41) is 5.27. The number of nitrogens with one attached hydrogen (secondary N) is 1. The average molecular weight is 325 g/mol. The van der Waals surface area contributed by atoms with Crippen molar-refractivity contribution in [1.29, 1.82) is 0 Å². The van der Waals surface area contributed by atoms with Gasteiger partial charge in [-0.1, -0.05) is 13.0 Å². The maximum Gasteiger partial charge on any atom is 0.250 e. The standard InChI is InChI=1S/C14H19N3O2S2/c1-4-5-9(2)13(19)17-8-20-7-11(17)12(18)16-14-15-10(3)6-21-14/h5-6,11H,4,7-8H2,1-3H3,(H,15,16,18)/b9-5+. The lowest BCUT2D eigenvalue weighted by atomic mass is 10.2. The van der Waals surface area contributed by atoms with Crippen molar-refractivity contribution < 1.29 is 9.59 Å². The average Bonchev–Trinajstić information content (AvgIpc) is 3.07. The van der Waals surface area contributed by atoms with Gasteiger partial charge in [0.05, 0.1) is 11.6 Å². The minimum atomic E-state index is -0.424. The second-order valence-electron chi connectivity index (χ2n) is 4.87. The zero-order valence-corrected chi connectivity index (χ0v) is 14.0. The molecule has 1 N–H and O–H groups in total. The second-order valence-corrected chi connectivity index (χ2v) is 6.73. The van der Waals surface area contributed by atoms with Gasteiger partial charge in [-0.05, 0) is 20.3 Å². The Kier molecular flexibility index (Phi) is 5.41. The largest absolute Gasteiger partial charge is 0.317 e. The van der Waals surface area contributed by atoms with Gasteiger partial charge in [0.15, 0.2) is 5.13 Å². The van der Waals surface area contributed by atoms with Crippen LogP contribution in [0.2, 0.25) is 0 Å². The Hall–Kier alpha value is -1.34. The van der Waals surface area contributed by atoms with Crippen LogP contribution < -0.4 is 5.32 Å². The summed E-state index contributed by atoms with van der Waals surface area (Å²) in [7, 11) is 0. The van der Waals surface area contributed by atoms with E-state index in [9.17, 15) is 9.59 Å².